The van der Waals surface area contributed by atoms with Gasteiger partial charge in [-0.25, -0.2) is 9.18 Å². The summed E-state index contributed by atoms with van der Waals surface area (Å²) in [5.74, 6) is -0.432. The third-order valence-electron chi connectivity index (χ3n) is 7.70. The van der Waals surface area contributed by atoms with Crippen LogP contribution in [0.5, 0.6) is 0 Å². The summed E-state index contributed by atoms with van der Waals surface area (Å²) in [6.07, 6.45) is -9.35. The lowest BCUT2D eigenvalue weighted by atomic mass is 9.90. The molecule has 3 rings (SSSR count). The van der Waals surface area contributed by atoms with Crippen molar-refractivity contribution in [1.82, 2.24) is 14.7 Å². The van der Waals surface area contributed by atoms with Crippen LogP contribution in [0.3, 0.4) is 0 Å². The Morgan fingerprint density at radius 2 is 1.54 bits per heavy atom. The van der Waals surface area contributed by atoms with Gasteiger partial charge in [-0.05, 0) is 94.1 Å². The second-order valence-corrected chi connectivity index (χ2v) is 10.6. The van der Waals surface area contributed by atoms with Gasteiger partial charge in [0.15, 0.2) is 0 Å². The molecule has 39 heavy (non-hydrogen) atoms. The summed E-state index contributed by atoms with van der Waals surface area (Å²) >= 11 is 0. The van der Waals surface area contributed by atoms with Gasteiger partial charge < -0.3 is 14.7 Å². The molecule has 2 aromatic carbocycles. The molecule has 3 atom stereocenters. The van der Waals surface area contributed by atoms with Crippen LogP contribution in [0.15, 0.2) is 36.4 Å². The zero-order valence-electron chi connectivity index (χ0n) is 22.8. The highest BCUT2D eigenvalue weighted by molar-refractivity contribution is 5.76. The van der Waals surface area contributed by atoms with Gasteiger partial charge in [-0.1, -0.05) is 6.07 Å². The van der Waals surface area contributed by atoms with E-state index in [0.29, 0.717) is 37.2 Å². The van der Waals surface area contributed by atoms with Crippen molar-refractivity contribution in [2.45, 2.75) is 64.6 Å². The third-order valence-corrected chi connectivity index (χ3v) is 7.70. The molecule has 0 aromatic heterocycles. The van der Waals surface area contributed by atoms with E-state index in [1.165, 1.54) is 26.1 Å². The molecule has 2 amide bonds. The van der Waals surface area contributed by atoms with E-state index in [2.05, 4.69) is 4.90 Å². The number of carbonyl (C=O) groups is 1. The SMILES string of the molecule is Cc1cc(F)ccc1C1C(CN(C)C(C)C)CCN1C(=O)N(C)C(C)c1cc(C(F)(F)F)cc(C(F)(F)F)c1. The van der Waals surface area contributed by atoms with E-state index in [0.717, 1.165) is 10.5 Å². The predicted octanol–water partition coefficient (Wildman–Crippen LogP) is 7.69. The van der Waals surface area contributed by atoms with Crippen molar-refractivity contribution < 1.29 is 35.5 Å². The molecule has 0 radical (unpaired) electrons. The molecule has 216 valence electrons. The van der Waals surface area contributed by atoms with E-state index in [-0.39, 0.29) is 23.6 Å². The van der Waals surface area contributed by atoms with Gasteiger partial charge in [-0.2, -0.15) is 26.3 Å². The molecule has 1 aliphatic heterocycles. The number of amides is 2. The Labute approximate surface area is 224 Å². The maximum atomic E-state index is 13.9. The number of urea groups is 1. The van der Waals surface area contributed by atoms with Crippen LogP contribution in [-0.2, 0) is 12.4 Å². The van der Waals surface area contributed by atoms with Crippen LogP contribution in [0.25, 0.3) is 0 Å². The summed E-state index contributed by atoms with van der Waals surface area (Å²) in [6.45, 7) is 8.20. The van der Waals surface area contributed by atoms with Gasteiger partial charge in [-0.3, -0.25) is 0 Å². The van der Waals surface area contributed by atoms with E-state index in [4.69, 9.17) is 0 Å². The molecule has 0 bridgehead atoms. The van der Waals surface area contributed by atoms with Crippen LogP contribution in [0.1, 0.15) is 67.1 Å². The van der Waals surface area contributed by atoms with Crippen LogP contribution in [0, 0.1) is 18.7 Å². The molecule has 4 nitrogen and oxygen atoms in total. The number of halogens is 7. The number of rotatable bonds is 6. The molecule has 1 aliphatic rings. The monoisotopic (exact) mass is 561 g/mol. The lowest BCUT2D eigenvalue weighted by Gasteiger charge is -2.36. The first kappa shape index (κ1) is 30.7. The Bertz CT molecular complexity index is 1150. The van der Waals surface area contributed by atoms with Crippen molar-refractivity contribution in [1.29, 1.82) is 0 Å². The molecular weight excluding hydrogens is 527 g/mol. The first-order valence-corrected chi connectivity index (χ1v) is 12.7. The van der Waals surface area contributed by atoms with Crippen LogP contribution < -0.4 is 0 Å². The molecule has 3 unspecified atom stereocenters. The van der Waals surface area contributed by atoms with E-state index < -0.39 is 47.4 Å². The van der Waals surface area contributed by atoms with Gasteiger partial charge in [0.05, 0.1) is 23.2 Å². The number of hydrogen-bond donors (Lipinski definition) is 0. The van der Waals surface area contributed by atoms with E-state index in [9.17, 15) is 35.5 Å². The van der Waals surface area contributed by atoms with Crippen molar-refractivity contribution in [2.24, 2.45) is 5.92 Å². The van der Waals surface area contributed by atoms with Gasteiger partial charge >= 0.3 is 18.4 Å². The fraction of sp³-hybridized carbons (Fsp3) is 0.536. The number of aryl methyl sites for hydroxylation is 1. The minimum Gasteiger partial charge on any atom is -0.321 e. The number of benzene rings is 2. The average molecular weight is 562 g/mol. The van der Waals surface area contributed by atoms with Crippen LogP contribution in [-0.4, -0.2) is 54.0 Å². The molecule has 2 aromatic rings. The minimum atomic E-state index is -4.99. The normalized spacial score (nSPS) is 19.2. The number of carbonyl (C=O) groups excluding carboxylic acids is 1. The fourth-order valence-electron chi connectivity index (χ4n) is 5.05. The lowest BCUT2D eigenvalue weighted by molar-refractivity contribution is -0.143. The first-order chi connectivity index (χ1) is 17.9. The zero-order chi connectivity index (χ0) is 29.4. The van der Waals surface area contributed by atoms with Crippen molar-refractivity contribution in [3.8, 4) is 0 Å². The Hall–Kier alpha value is -2.82. The van der Waals surface area contributed by atoms with Crippen molar-refractivity contribution >= 4 is 6.03 Å². The summed E-state index contributed by atoms with van der Waals surface area (Å²) in [5, 5.41) is 0. The maximum absolute atomic E-state index is 13.9. The molecule has 0 spiro atoms. The van der Waals surface area contributed by atoms with Crippen LogP contribution in [0.2, 0.25) is 0 Å². The number of hydrogen-bond acceptors (Lipinski definition) is 2. The summed E-state index contributed by atoms with van der Waals surface area (Å²) in [5.41, 5.74) is -1.74. The lowest BCUT2D eigenvalue weighted by Crippen LogP contribution is -2.43. The highest BCUT2D eigenvalue weighted by Gasteiger charge is 2.42. The Morgan fingerprint density at radius 3 is 2.03 bits per heavy atom. The summed E-state index contributed by atoms with van der Waals surface area (Å²) in [7, 11) is 3.33. The maximum Gasteiger partial charge on any atom is 0.416 e. The van der Waals surface area contributed by atoms with Crippen LogP contribution in [0.4, 0.5) is 35.5 Å². The molecule has 0 aliphatic carbocycles. The molecular formula is C28H34F7N3O. The van der Waals surface area contributed by atoms with E-state index in [1.54, 1.807) is 17.9 Å². The van der Waals surface area contributed by atoms with E-state index >= 15 is 0 Å². The largest absolute Gasteiger partial charge is 0.416 e. The highest BCUT2D eigenvalue weighted by atomic mass is 19.4. The molecule has 1 heterocycles. The smallest absolute Gasteiger partial charge is 0.321 e. The average Bonchev–Trinajstić information content (AvgIpc) is 3.24. The van der Waals surface area contributed by atoms with Gasteiger partial charge in [0.1, 0.15) is 5.82 Å². The first-order valence-electron chi connectivity index (χ1n) is 12.7. The van der Waals surface area contributed by atoms with Gasteiger partial charge in [-0.15, -0.1) is 0 Å². The van der Waals surface area contributed by atoms with Crippen LogP contribution >= 0.6 is 0 Å². The molecule has 0 N–H and O–H groups in total. The van der Waals surface area contributed by atoms with Gasteiger partial charge in [0.25, 0.3) is 0 Å². The fourth-order valence-corrected chi connectivity index (χ4v) is 5.05. The zero-order valence-corrected chi connectivity index (χ0v) is 22.8. The quantitative estimate of drug-likeness (QED) is 0.338. The summed E-state index contributed by atoms with van der Waals surface area (Å²) in [6, 6.07) is 3.87. The molecule has 1 fully saturated rings. The van der Waals surface area contributed by atoms with Gasteiger partial charge in [0, 0.05) is 26.2 Å². The predicted molar refractivity (Wildman–Crippen MR) is 134 cm³/mol. The van der Waals surface area contributed by atoms with E-state index in [1.807, 2.05) is 20.9 Å². The topological polar surface area (TPSA) is 26.8 Å². The number of alkyl halides is 6. The molecule has 0 saturated carbocycles. The Morgan fingerprint density at radius 1 is 0.974 bits per heavy atom. The third kappa shape index (κ3) is 6.85. The number of nitrogens with zero attached hydrogens (tertiary/aromatic N) is 3. The second-order valence-electron chi connectivity index (χ2n) is 10.6. The summed E-state index contributed by atoms with van der Waals surface area (Å²) in [4.78, 5) is 18.7. The second kappa shape index (κ2) is 11.3. The highest BCUT2D eigenvalue weighted by Crippen LogP contribution is 2.42. The Balaban J connectivity index is 1.98. The van der Waals surface area contributed by atoms with Crippen molar-refractivity contribution in [3.63, 3.8) is 0 Å². The number of likely N-dealkylation sites (tertiary alicyclic amines) is 1. The Kier molecular flexibility index (Phi) is 8.94. The van der Waals surface area contributed by atoms with Crippen molar-refractivity contribution in [3.05, 3.63) is 70.0 Å². The molecule has 1 saturated heterocycles. The van der Waals surface area contributed by atoms with Gasteiger partial charge in [0.2, 0.25) is 0 Å². The molecule has 11 heteroatoms. The standard InChI is InChI=1S/C28H34F7N3O/c1-16(2)36(5)15-19-9-10-38(25(19)24-8-7-23(29)11-17(24)3)26(39)37(6)18(4)20-12-21(27(30,31)32)14-22(13-20)28(33,34)35/h7-8,11-14,16,18-19,25H,9-10,15H2,1-6H3. The minimum absolute atomic E-state index is 0.0143. The summed E-state index contributed by atoms with van der Waals surface area (Å²) < 4.78 is 94.5. The van der Waals surface area contributed by atoms with Crippen molar-refractivity contribution in [2.75, 3.05) is 27.2 Å².